The lowest BCUT2D eigenvalue weighted by Gasteiger charge is -2.33. The molecule has 0 aliphatic heterocycles. The summed E-state index contributed by atoms with van der Waals surface area (Å²) in [6.45, 7) is 0. The van der Waals surface area contributed by atoms with Crippen molar-refractivity contribution in [3.63, 3.8) is 0 Å². The number of carboxylic acid groups (broad SMARTS) is 2. The third-order valence-corrected chi connectivity index (χ3v) is 4.09. The second-order valence-corrected chi connectivity index (χ2v) is 5.00. The molecule has 0 saturated heterocycles. The molecule has 0 heterocycles. The topological polar surface area (TPSA) is 94.8 Å². The number of rotatable bonds is 3. The van der Waals surface area contributed by atoms with Gasteiger partial charge in [0.05, 0.1) is 5.60 Å². The monoisotopic (exact) mass is 228 g/mol. The van der Waals surface area contributed by atoms with E-state index in [-0.39, 0.29) is 6.42 Å². The van der Waals surface area contributed by atoms with Gasteiger partial charge in [0.2, 0.25) is 0 Å². The van der Waals surface area contributed by atoms with Crippen LogP contribution in [0.3, 0.4) is 0 Å². The van der Waals surface area contributed by atoms with Gasteiger partial charge in [-0.15, -0.1) is 0 Å². The summed E-state index contributed by atoms with van der Waals surface area (Å²) < 4.78 is 0. The van der Waals surface area contributed by atoms with Crippen LogP contribution in [0.25, 0.3) is 0 Å². The van der Waals surface area contributed by atoms with Gasteiger partial charge >= 0.3 is 11.9 Å². The highest BCUT2D eigenvalue weighted by molar-refractivity contribution is 6.02. The molecule has 1 atom stereocenters. The maximum atomic E-state index is 11.0. The fraction of sp³-hybridized carbons (Fsp3) is 0.818. The molecule has 2 fully saturated rings. The predicted octanol–water partition coefficient (Wildman–Crippen LogP) is 0.857. The Morgan fingerprint density at radius 1 is 1.00 bits per heavy atom. The van der Waals surface area contributed by atoms with Crippen LogP contribution in [0.15, 0.2) is 0 Å². The minimum absolute atomic E-state index is 0.0637. The molecule has 2 rings (SSSR count). The van der Waals surface area contributed by atoms with Crippen LogP contribution in [0.4, 0.5) is 0 Å². The highest BCUT2D eigenvalue weighted by Gasteiger charge is 2.72. The van der Waals surface area contributed by atoms with Crippen LogP contribution in [0.5, 0.6) is 0 Å². The molecule has 5 nitrogen and oxygen atoms in total. The van der Waals surface area contributed by atoms with Crippen molar-refractivity contribution in [3.05, 3.63) is 0 Å². The molecule has 0 aromatic carbocycles. The summed E-state index contributed by atoms with van der Waals surface area (Å²) in [7, 11) is 0. The van der Waals surface area contributed by atoms with Crippen molar-refractivity contribution in [2.45, 2.75) is 44.1 Å². The normalized spacial score (nSPS) is 30.7. The zero-order valence-corrected chi connectivity index (χ0v) is 8.98. The minimum atomic E-state index is -1.73. The Labute approximate surface area is 93.1 Å². The van der Waals surface area contributed by atoms with Gasteiger partial charge in [-0.3, -0.25) is 9.59 Å². The van der Waals surface area contributed by atoms with Crippen LogP contribution < -0.4 is 0 Å². The number of carbonyl (C=O) groups is 2. The first-order valence-electron chi connectivity index (χ1n) is 5.63. The van der Waals surface area contributed by atoms with E-state index in [2.05, 4.69) is 0 Å². The van der Waals surface area contributed by atoms with Crippen LogP contribution in [0.2, 0.25) is 0 Å². The van der Waals surface area contributed by atoms with Crippen molar-refractivity contribution in [1.29, 1.82) is 0 Å². The molecule has 1 unspecified atom stereocenters. The van der Waals surface area contributed by atoms with E-state index in [0.717, 1.165) is 19.3 Å². The maximum Gasteiger partial charge on any atom is 0.321 e. The van der Waals surface area contributed by atoms with Gasteiger partial charge in [-0.05, 0) is 19.3 Å². The third kappa shape index (κ3) is 1.42. The zero-order valence-electron chi connectivity index (χ0n) is 8.98. The number of aliphatic carboxylic acids is 2. The first-order valence-corrected chi connectivity index (χ1v) is 5.63. The third-order valence-electron chi connectivity index (χ3n) is 4.09. The first-order chi connectivity index (χ1) is 7.43. The molecule has 90 valence electrons. The molecular weight excluding hydrogens is 212 g/mol. The van der Waals surface area contributed by atoms with Crippen molar-refractivity contribution in [3.8, 4) is 0 Å². The van der Waals surface area contributed by atoms with Gasteiger partial charge in [0.1, 0.15) is 0 Å². The van der Waals surface area contributed by atoms with Gasteiger partial charge in [0.25, 0.3) is 0 Å². The van der Waals surface area contributed by atoms with Crippen LogP contribution in [0.1, 0.15) is 38.5 Å². The SMILES string of the molecule is O=C(O)C1(C(=O)O)CC1C1(O)CCCCC1. The Balaban J connectivity index is 2.19. The molecule has 0 aromatic rings. The lowest BCUT2D eigenvalue weighted by molar-refractivity contribution is -0.160. The first kappa shape index (κ1) is 11.4. The van der Waals surface area contributed by atoms with Gasteiger partial charge in [-0.25, -0.2) is 0 Å². The minimum Gasteiger partial charge on any atom is -0.480 e. The van der Waals surface area contributed by atoms with Crippen LogP contribution in [0, 0.1) is 11.3 Å². The molecule has 2 aliphatic rings. The zero-order chi connectivity index (χ0) is 12.0. The smallest absolute Gasteiger partial charge is 0.321 e. The summed E-state index contributed by atoms with van der Waals surface area (Å²) in [5.41, 5.74) is -2.80. The molecule has 0 amide bonds. The lowest BCUT2D eigenvalue weighted by Crippen LogP contribution is -2.40. The van der Waals surface area contributed by atoms with Crippen molar-refractivity contribution in [2.75, 3.05) is 0 Å². The predicted molar refractivity (Wildman–Crippen MR) is 53.8 cm³/mol. The molecule has 0 aromatic heterocycles. The summed E-state index contributed by atoms with van der Waals surface area (Å²) in [6, 6.07) is 0. The molecule has 5 heteroatoms. The average Bonchev–Trinajstić information content (AvgIpc) is 2.95. The molecule has 16 heavy (non-hydrogen) atoms. The quantitative estimate of drug-likeness (QED) is 0.623. The Bertz CT molecular complexity index is 315. The Kier molecular flexibility index (Phi) is 2.45. The van der Waals surface area contributed by atoms with Crippen molar-refractivity contribution >= 4 is 11.9 Å². The van der Waals surface area contributed by atoms with Crippen LogP contribution >= 0.6 is 0 Å². The van der Waals surface area contributed by atoms with Gasteiger partial charge < -0.3 is 15.3 Å². The van der Waals surface area contributed by atoms with E-state index in [9.17, 15) is 14.7 Å². The van der Waals surface area contributed by atoms with E-state index in [1.54, 1.807) is 0 Å². The van der Waals surface area contributed by atoms with E-state index in [0.29, 0.717) is 12.8 Å². The van der Waals surface area contributed by atoms with Gasteiger partial charge in [-0.2, -0.15) is 0 Å². The van der Waals surface area contributed by atoms with Gasteiger partial charge in [-0.1, -0.05) is 19.3 Å². The summed E-state index contributed by atoms with van der Waals surface area (Å²) in [5.74, 6) is -3.25. The van der Waals surface area contributed by atoms with Crippen molar-refractivity contribution < 1.29 is 24.9 Å². The molecule has 0 spiro atoms. The molecule has 0 radical (unpaired) electrons. The average molecular weight is 228 g/mol. The van der Waals surface area contributed by atoms with E-state index in [4.69, 9.17) is 10.2 Å². The molecule has 0 bridgehead atoms. The standard InChI is InChI=1S/C11H16O5/c12-8(13)11(9(14)15)6-7(11)10(16)4-2-1-3-5-10/h7,16H,1-6H2,(H,12,13)(H,14,15). The summed E-state index contributed by atoms with van der Waals surface area (Å²) >= 11 is 0. The highest BCUT2D eigenvalue weighted by Crippen LogP contribution is 2.61. The maximum absolute atomic E-state index is 11.0. The van der Waals surface area contributed by atoms with Crippen LogP contribution in [-0.2, 0) is 9.59 Å². The van der Waals surface area contributed by atoms with E-state index in [1.165, 1.54) is 0 Å². The summed E-state index contributed by atoms with van der Waals surface area (Å²) in [6.07, 6.45) is 3.85. The van der Waals surface area contributed by atoms with Crippen molar-refractivity contribution in [1.82, 2.24) is 0 Å². The second-order valence-electron chi connectivity index (χ2n) is 5.00. The summed E-state index contributed by atoms with van der Waals surface area (Å²) in [5, 5.41) is 28.3. The van der Waals surface area contributed by atoms with E-state index >= 15 is 0 Å². The van der Waals surface area contributed by atoms with Crippen molar-refractivity contribution in [2.24, 2.45) is 11.3 Å². The fourth-order valence-corrected chi connectivity index (χ4v) is 2.99. The number of carboxylic acids is 2. The number of aliphatic hydroxyl groups is 1. The van der Waals surface area contributed by atoms with Gasteiger partial charge in [0.15, 0.2) is 5.41 Å². The van der Waals surface area contributed by atoms with Gasteiger partial charge in [0, 0.05) is 5.92 Å². The van der Waals surface area contributed by atoms with Crippen LogP contribution in [-0.4, -0.2) is 32.9 Å². The van der Waals surface area contributed by atoms with E-state index < -0.39 is 28.9 Å². The molecule has 2 saturated carbocycles. The number of hydrogen-bond donors (Lipinski definition) is 3. The molecular formula is C11H16O5. The Hall–Kier alpha value is -1.10. The lowest BCUT2D eigenvalue weighted by atomic mass is 9.78. The molecule has 3 N–H and O–H groups in total. The summed E-state index contributed by atoms with van der Waals surface area (Å²) in [4.78, 5) is 22.1. The Morgan fingerprint density at radius 3 is 1.88 bits per heavy atom. The fourth-order valence-electron chi connectivity index (χ4n) is 2.99. The number of hydrogen-bond acceptors (Lipinski definition) is 3. The highest BCUT2D eigenvalue weighted by atomic mass is 16.4. The molecule has 2 aliphatic carbocycles. The Morgan fingerprint density at radius 2 is 1.50 bits per heavy atom. The largest absolute Gasteiger partial charge is 0.480 e. The van der Waals surface area contributed by atoms with E-state index in [1.807, 2.05) is 0 Å². The second kappa shape index (κ2) is 3.45.